The van der Waals surface area contributed by atoms with Crippen LogP contribution >= 0.6 is 0 Å². The molecule has 1 saturated carbocycles. The summed E-state index contributed by atoms with van der Waals surface area (Å²) in [5.41, 5.74) is 4.28. The van der Waals surface area contributed by atoms with Gasteiger partial charge in [-0.3, -0.25) is 9.69 Å². The maximum atomic E-state index is 12.8. The number of rotatable bonds is 4. The molecule has 5 rings (SSSR count). The molecule has 1 aliphatic heterocycles. The standard InChI is InChI=1S/C24H33N5O/c25-14-8-16-29-23-21(18-11-5-6-12-19(18)24(30)26-23)22(27-29)20-13-7-15-28(20)17-9-3-1-2-4-10-17/h17,20H,1-13,15-16H2,(H,26,30)/t20-/m1/s1. The number of H-pyrrole nitrogens is 1. The minimum atomic E-state index is 0.0499. The van der Waals surface area contributed by atoms with Crippen LogP contribution in [0.4, 0.5) is 0 Å². The lowest BCUT2D eigenvalue weighted by atomic mass is 9.89. The zero-order chi connectivity index (χ0) is 20.5. The van der Waals surface area contributed by atoms with Crippen molar-refractivity contribution in [1.82, 2.24) is 19.7 Å². The summed E-state index contributed by atoms with van der Waals surface area (Å²) in [6, 6.07) is 3.25. The van der Waals surface area contributed by atoms with E-state index < -0.39 is 0 Å². The number of aromatic amines is 1. The van der Waals surface area contributed by atoms with Crippen LogP contribution in [0.5, 0.6) is 0 Å². The molecule has 1 atom stereocenters. The molecule has 2 fully saturated rings. The van der Waals surface area contributed by atoms with Gasteiger partial charge < -0.3 is 4.98 Å². The lowest BCUT2D eigenvalue weighted by Crippen LogP contribution is -2.35. The summed E-state index contributed by atoms with van der Waals surface area (Å²) in [4.78, 5) is 18.7. The Bertz CT molecular complexity index is 1010. The Morgan fingerprint density at radius 3 is 2.53 bits per heavy atom. The Morgan fingerprint density at radius 2 is 1.77 bits per heavy atom. The van der Waals surface area contributed by atoms with Gasteiger partial charge in [-0.1, -0.05) is 25.7 Å². The predicted molar refractivity (Wildman–Crippen MR) is 117 cm³/mol. The number of likely N-dealkylation sites (tertiary alicyclic amines) is 1. The number of nitrogens with one attached hydrogen (secondary N) is 1. The highest BCUT2D eigenvalue weighted by molar-refractivity contribution is 5.84. The highest BCUT2D eigenvalue weighted by Crippen LogP contribution is 2.41. The molecule has 2 aliphatic carbocycles. The Kier molecular flexibility index (Phi) is 5.64. The Labute approximate surface area is 178 Å². The largest absolute Gasteiger partial charge is 0.307 e. The van der Waals surface area contributed by atoms with Gasteiger partial charge in [0.05, 0.1) is 30.8 Å². The van der Waals surface area contributed by atoms with E-state index in [0.29, 0.717) is 25.0 Å². The van der Waals surface area contributed by atoms with Gasteiger partial charge in [-0.15, -0.1) is 0 Å². The van der Waals surface area contributed by atoms with Crippen molar-refractivity contribution in [3.05, 3.63) is 27.2 Å². The van der Waals surface area contributed by atoms with E-state index in [-0.39, 0.29) is 5.56 Å². The van der Waals surface area contributed by atoms with Crippen molar-refractivity contribution in [3.63, 3.8) is 0 Å². The van der Waals surface area contributed by atoms with Crippen LogP contribution < -0.4 is 5.56 Å². The molecule has 6 nitrogen and oxygen atoms in total. The van der Waals surface area contributed by atoms with Gasteiger partial charge in [-0.25, -0.2) is 4.68 Å². The number of pyridine rings is 1. The minimum absolute atomic E-state index is 0.0499. The van der Waals surface area contributed by atoms with Gasteiger partial charge in [-0.2, -0.15) is 10.4 Å². The van der Waals surface area contributed by atoms with Gasteiger partial charge in [0.25, 0.3) is 5.56 Å². The highest BCUT2D eigenvalue weighted by Gasteiger charge is 2.36. The molecule has 1 N–H and O–H groups in total. The molecule has 2 aromatic rings. The molecule has 6 heteroatoms. The molecule has 2 aromatic heterocycles. The number of fused-ring (bicyclic) bond motifs is 3. The molecule has 3 heterocycles. The predicted octanol–water partition coefficient (Wildman–Crippen LogP) is 4.38. The second-order valence-corrected chi connectivity index (χ2v) is 9.40. The first kappa shape index (κ1) is 19.8. The molecule has 0 radical (unpaired) electrons. The van der Waals surface area contributed by atoms with E-state index in [1.54, 1.807) is 0 Å². The minimum Gasteiger partial charge on any atom is -0.307 e. The fraction of sp³-hybridized carbons (Fsp3) is 0.708. The highest BCUT2D eigenvalue weighted by atomic mass is 16.1. The van der Waals surface area contributed by atoms with Gasteiger partial charge in [0, 0.05) is 17.0 Å². The number of aromatic nitrogens is 3. The third-order valence-electron chi connectivity index (χ3n) is 7.59. The summed E-state index contributed by atoms with van der Waals surface area (Å²) in [7, 11) is 0. The van der Waals surface area contributed by atoms with Crippen LogP contribution in [-0.4, -0.2) is 32.3 Å². The van der Waals surface area contributed by atoms with E-state index in [1.807, 2.05) is 4.68 Å². The number of aryl methyl sites for hydroxylation is 2. The van der Waals surface area contributed by atoms with Crippen LogP contribution in [0, 0.1) is 11.3 Å². The number of nitrogens with zero attached hydrogens (tertiary/aromatic N) is 4. The van der Waals surface area contributed by atoms with E-state index in [2.05, 4.69) is 16.0 Å². The maximum Gasteiger partial charge on any atom is 0.253 e. The van der Waals surface area contributed by atoms with E-state index in [4.69, 9.17) is 10.4 Å². The van der Waals surface area contributed by atoms with Crippen molar-refractivity contribution in [2.24, 2.45) is 0 Å². The Balaban J connectivity index is 1.62. The van der Waals surface area contributed by atoms with Gasteiger partial charge in [0.1, 0.15) is 5.65 Å². The van der Waals surface area contributed by atoms with Crippen molar-refractivity contribution < 1.29 is 0 Å². The monoisotopic (exact) mass is 407 g/mol. The first-order valence-electron chi connectivity index (χ1n) is 12.0. The van der Waals surface area contributed by atoms with Crippen LogP contribution in [0.15, 0.2) is 4.79 Å². The SMILES string of the molecule is N#CCCn1nc([C@H]2CCCN2C2CCCCCC2)c2c3c(c(=O)[nH]c21)CCCC3. The molecular weight excluding hydrogens is 374 g/mol. The summed E-state index contributed by atoms with van der Waals surface area (Å²) < 4.78 is 1.91. The first-order valence-corrected chi connectivity index (χ1v) is 12.0. The van der Waals surface area contributed by atoms with Crippen molar-refractivity contribution in [2.45, 2.75) is 102 Å². The Morgan fingerprint density at radius 1 is 1.00 bits per heavy atom. The van der Waals surface area contributed by atoms with Crippen molar-refractivity contribution in [2.75, 3.05) is 6.54 Å². The molecule has 0 bridgehead atoms. The average Bonchev–Trinajstić information content (AvgIpc) is 3.28. The van der Waals surface area contributed by atoms with Gasteiger partial charge in [-0.05, 0) is 63.5 Å². The van der Waals surface area contributed by atoms with E-state index in [0.717, 1.165) is 49.9 Å². The molecule has 0 amide bonds. The molecule has 1 saturated heterocycles. The summed E-state index contributed by atoms with van der Waals surface area (Å²) in [6.45, 7) is 1.70. The van der Waals surface area contributed by atoms with E-state index in [9.17, 15) is 4.79 Å². The van der Waals surface area contributed by atoms with E-state index >= 15 is 0 Å². The van der Waals surface area contributed by atoms with Crippen LogP contribution in [0.3, 0.4) is 0 Å². The number of hydrogen-bond acceptors (Lipinski definition) is 4. The van der Waals surface area contributed by atoms with E-state index in [1.165, 1.54) is 61.6 Å². The fourth-order valence-corrected chi connectivity index (χ4v) is 6.18. The topological polar surface area (TPSA) is 77.7 Å². The summed E-state index contributed by atoms with van der Waals surface area (Å²) in [5.74, 6) is 0. The normalized spacial score (nSPS) is 23.4. The maximum absolute atomic E-state index is 12.8. The molecule has 3 aliphatic rings. The zero-order valence-electron chi connectivity index (χ0n) is 18.0. The second-order valence-electron chi connectivity index (χ2n) is 9.40. The second kappa shape index (κ2) is 8.55. The van der Waals surface area contributed by atoms with Crippen molar-refractivity contribution >= 4 is 11.0 Å². The van der Waals surface area contributed by atoms with Gasteiger partial charge in [0.2, 0.25) is 0 Å². The molecule has 160 valence electrons. The summed E-state index contributed by atoms with van der Waals surface area (Å²) in [5, 5.41) is 15.4. The molecule has 0 spiro atoms. The summed E-state index contributed by atoms with van der Waals surface area (Å²) >= 11 is 0. The van der Waals surface area contributed by atoms with Crippen LogP contribution in [0.25, 0.3) is 11.0 Å². The lowest BCUT2D eigenvalue weighted by molar-refractivity contribution is 0.161. The van der Waals surface area contributed by atoms with Crippen molar-refractivity contribution in [3.8, 4) is 6.07 Å². The molecular formula is C24H33N5O. The summed E-state index contributed by atoms with van der Waals surface area (Å²) in [6.07, 6.45) is 14.9. The lowest BCUT2D eigenvalue weighted by Gasteiger charge is -2.32. The Hall–Kier alpha value is -2.13. The molecule has 0 unspecified atom stereocenters. The third kappa shape index (κ3) is 3.47. The van der Waals surface area contributed by atoms with Crippen LogP contribution in [-0.2, 0) is 19.4 Å². The fourth-order valence-electron chi connectivity index (χ4n) is 6.18. The molecule has 0 aromatic carbocycles. The van der Waals surface area contributed by atoms with Gasteiger partial charge in [0.15, 0.2) is 0 Å². The third-order valence-corrected chi connectivity index (χ3v) is 7.59. The van der Waals surface area contributed by atoms with Gasteiger partial charge >= 0.3 is 0 Å². The zero-order valence-corrected chi connectivity index (χ0v) is 18.0. The number of hydrogen-bond donors (Lipinski definition) is 1. The quantitative estimate of drug-likeness (QED) is 0.763. The van der Waals surface area contributed by atoms with Crippen LogP contribution in [0.1, 0.15) is 93.5 Å². The number of nitriles is 1. The first-order chi connectivity index (χ1) is 14.8. The molecule has 30 heavy (non-hydrogen) atoms. The van der Waals surface area contributed by atoms with Crippen molar-refractivity contribution in [1.29, 1.82) is 5.26 Å². The average molecular weight is 408 g/mol. The van der Waals surface area contributed by atoms with Crippen LogP contribution in [0.2, 0.25) is 0 Å². The smallest absolute Gasteiger partial charge is 0.253 e.